The number of hydrogen-bond donors (Lipinski definition) is 1. The van der Waals surface area contributed by atoms with Crippen LogP contribution in [0.5, 0.6) is 0 Å². The molecule has 0 unspecified atom stereocenters. The summed E-state index contributed by atoms with van der Waals surface area (Å²) in [6.07, 6.45) is 3.49. The van der Waals surface area contributed by atoms with E-state index in [4.69, 9.17) is 22.1 Å². The van der Waals surface area contributed by atoms with E-state index in [9.17, 15) is 9.59 Å². The standard InChI is InChI=1S/C22H25ClN2O3S.ClH/c23-15-3-1-14(2-4-15)11-17(26)12-19-21(22(24)27)18-5-8-25(13-20(18)29-19)16-6-9-28-10-7-16;/h1-4,16H,5-13H2,(H2,24,27);1H. The average molecular weight is 469 g/mol. The first kappa shape index (κ1) is 23.2. The summed E-state index contributed by atoms with van der Waals surface area (Å²) in [6.45, 7) is 3.38. The summed E-state index contributed by atoms with van der Waals surface area (Å²) in [6, 6.07) is 7.83. The fraction of sp³-hybridized carbons (Fsp3) is 0.455. The summed E-state index contributed by atoms with van der Waals surface area (Å²) in [5.41, 5.74) is 8.28. The van der Waals surface area contributed by atoms with Crippen molar-refractivity contribution in [2.45, 2.75) is 44.7 Å². The van der Waals surface area contributed by atoms with Gasteiger partial charge in [0.2, 0.25) is 5.91 Å². The zero-order chi connectivity index (χ0) is 20.4. The highest BCUT2D eigenvalue weighted by Crippen LogP contribution is 2.35. The van der Waals surface area contributed by atoms with E-state index < -0.39 is 5.91 Å². The van der Waals surface area contributed by atoms with E-state index in [1.54, 1.807) is 23.5 Å². The number of amides is 1. The summed E-state index contributed by atoms with van der Waals surface area (Å²) in [7, 11) is 0. The van der Waals surface area contributed by atoms with Crippen LogP contribution in [0.2, 0.25) is 5.02 Å². The second-order valence-corrected chi connectivity index (χ2v) is 9.38. The largest absolute Gasteiger partial charge is 0.381 e. The molecular weight excluding hydrogens is 443 g/mol. The maximum atomic E-state index is 12.7. The molecule has 2 N–H and O–H groups in total. The fourth-order valence-electron chi connectivity index (χ4n) is 4.32. The number of fused-ring (bicyclic) bond motifs is 1. The molecule has 1 aromatic carbocycles. The van der Waals surface area contributed by atoms with Crippen molar-refractivity contribution >= 4 is 47.0 Å². The third-order valence-electron chi connectivity index (χ3n) is 5.79. The smallest absolute Gasteiger partial charge is 0.250 e. The van der Waals surface area contributed by atoms with Crippen molar-refractivity contribution in [1.82, 2.24) is 4.90 Å². The molecule has 3 heterocycles. The van der Waals surface area contributed by atoms with Crippen LogP contribution in [0, 0.1) is 0 Å². The van der Waals surface area contributed by atoms with Gasteiger partial charge in [0.15, 0.2) is 0 Å². The molecule has 30 heavy (non-hydrogen) atoms. The minimum Gasteiger partial charge on any atom is -0.381 e. The molecular formula is C22H26Cl2N2O3S. The molecule has 1 aromatic heterocycles. The number of Topliss-reactive ketones (excluding diaryl/α,β-unsaturated/α-hetero) is 1. The average Bonchev–Trinajstić information content (AvgIpc) is 3.07. The van der Waals surface area contributed by atoms with Crippen LogP contribution >= 0.6 is 35.3 Å². The van der Waals surface area contributed by atoms with Crippen LogP contribution in [-0.2, 0) is 35.3 Å². The van der Waals surface area contributed by atoms with Gasteiger partial charge in [-0.05, 0) is 42.5 Å². The van der Waals surface area contributed by atoms with Crippen LogP contribution in [0.15, 0.2) is 24.3 Å². The number of hydrogen-bond acceptors (Lipinski definition) is 5. The molecule has 2 aromatic rings. The summed E-state index contributed by atoms with van der Waals surface area (Å²) >= 11 is 7.50. The second-order valence-electron chi connectivity index (χ2n) is 7.75. The van der Waals surface area contributed by atoms with E-state index in [1.807, 2.05) is 12.1 Å². The predicted octanol–water partition coefficient (Wildman–Crippen LogP) is 3.81. The van der Waals surface area contributed by atoms with Crippen molar-refractivity contribution in [2.24, 2.45) is 5.73 Å². The zero-order valence-electron chi connectivity index (χ0n) is 16.7. The van der Waals surface area contributed by atoms with Crippen LogP contribution in [0.1, 0.15) is 44.1 Å². The molecule has 2 aliphatic heterocycles. The first-order valence-electron chi connectivity index (χ1n) is 10.0. The van der Waals surface area contributed by atoms with E-state index in [0.29, 0.717) is 23.0 Å². The van der Waals surface area contributed by atoms with Crippen molar-refractivity contribution in [3.63, 3.8) is 0 Å². The van der Waals surface area contributed by atoms with E-state index >= 15 is 0 Å². The number of rotatable bonds is 6. The molecule has 4 rings (SSSR count). The molecule has 0 aliphatic carbocycles. The van der Waals surface area contributed by atoms with Gasteiger partial charge >= 0.3 is 0 Å². The number of carbonyl (C=O) groups is 2. The summed E-state index contributed by atoms with van der Waals surface area (Å²) in [5.74, 6) is -0.342. The van der Waals surface area contributed by atoms with Gasteiger partial charge in [-0.3, -0.25) is 14.5 Å². The Morgan fingerprint density at radius 3 is 2.53 bits per heavy atom. The van der Waals surface area contributed by atoms with Crippen molar-refractivity contribution in [3.05, 3.63) is 55.7 Å². The zero-order valence-corrected chi connectivity index (χ0v) is 19.1. The Morgan fingerprint density at radius 1 is 1.17 bits per heavy atom. The van der Waals surface area contributed by atoms with Crippen molar-refractivity contribution in [2.75, 3.05) is 19.8 Å². The Morgan fingerprint density at radius 2 is 1.87 bits per heavy atom. The molecule has 1 amide bonds. The number of ether oxygens (including phenoxy) is 1. The molecule has 0 spiro atoms. The lowest BCUT2D eigenvalue weighted by Crippen LogP contribution is -2.42. The number of halogens is 2. The summed E-state index contributed by atoms with van der Waals surface area (Å²) in [4.78, 5) is 29.3. The molecule has 1 fully saturated rings. The minimum absolute atomic E-state index is 0. The van der Waals surface area contributed by atoms with Gasteiger partial charge in [-0.2, -0.15) is 0 Å². The topological polar surface area (TPSA) is 72.6 Å². The van der Waals surface area contributed by atoms with Gasteiger partial charge in [0.25, 0.3) is 0 Å². The quantitative estimate of drug-likeness (QED) is 0.699. The number of benzene rings is 1. The van der Waals surface area contributed by atoms with Crippen molar-refractivity contribution in [3.8, 4) is 0 Å². The highest BCUT2D eigenvalue weighted by Gasteiger charge is 2.31. The molecule has 5 nitrogen and oxygen atoms in total. The Hall–Kier alpha value is -1.44. The van der Waals surface area contributed by atoms with Crippen LogP contribution in [0.25, 0.3) is 0 Å². The Kier molecular flexibility index (Phi) is 7.93. The Labute approximate surface area is 191 Å². The number of carbonyl (C=O) groups excluding carboxylic acids is 2. The van der Waals surface area contributed by atoms with Gasteiger partial charge in [0, 0.05) is 60.0 Å². The van der Waals surface area contributed by atoms with Crippen LogP contribution < -0.4 is 5.73 Å². The van der Waals surface area contributed by atoms with Crippen LogP contribution in [0.4, 0.5) is 0 Å². The number of ketones is 1. The number of primary amides is 1. The predicted molar refractivity (Wildman–Crippen MR) is 122 cm³/mol. The van der Waals surface area contributed by atoms with E-state index in [1.165, 1.54) is 4.88 Å². The molecule has 0 saturated carbocycles. The lowest BCUT2D eigenvalue weighted by molar-refractivity contribution is -0.117. The van der Waals surface area contributed by atoms with Gasteiger partial charge < -0.3 is 10.5 Å². The molecule has 0 radical (unpaired) electrons. The van der Waals surface area contributed by atoms with Gasteiger partial charge in [-0.25, -0.2) is 0 Å². The third-order valence-corrected chi connectivity index (χ3v) is 7.25. The number of thiophene rings is 1. The Balaban J connectivity index is 0.00000256. The van der Waals surface area contributed by atoms with Gasteiger partial charge in [-0.15, -0.1) is 23.7 Å². The highest BCUT2D eigenvalue weighted by atomic mass is 35.5. The molecule has 8 heteroatoms. The minimum atomic E-state index is -0.420. The van der Waals surface area contributed by atoms with E-state index in [2.05, 4.69) is 4.90 Å². The lowest BCUT2D eigenvalue weighted by atomic mass is 9.96. The maximum absolute atomic E-state index is 12.7. The van der Waals surface area contributed by atoms with E-state index in [-0.39, 0.29) is 24.6 Å². The van der Waals surface area contributed by atoms with E-state index in [0.717, 1.165) is 61.6 Å². The monoisotopic (exact) mass is 468 g/mol. The van der Waals surface area contributed by atoms with Crippen LogP contribution in [-0.4, -0.2) is 42.4 Å². The van der Waals surface area contributed by atoms with Crippen molar-refractivity contribution < 1.29 is 14.3 Å². The normalized spacial score (nSPS) is 17.2. The second kappa shape index (κ2) is 10.2. The molecule has 162 valence electrons. The summed E-state index contributed by atoms with van der Waals surface area (Å²) < 4.78 is 5.48. The molecule has 2 aliphatic rings. The summed E-state index contributed by atoms with van der Waals surface area (Å²) in [5, 5.41) is 0.650. The molecule has 1 saturated heterocycles. The van der Waals surface area contributed by atoms with Gasteiger partial charge in [-0.1, -0.05) is 23.7 Å². The molecule has 0 atom stereocenters. The highest BCUT2D eigenvalue weighted by molar-refractivity contribution is 7.12. The number of nitrogens with zero attached hydrogens (tertiary/aromatic N) is 1. The third kappa shape index (κ3) is 5.24. The Bertz CT molecular complexity index is 908. The first-order valence-corrected chi connectivity index (χ1v) is 11.2. The fourth-order valence-corrected chi connectivity index (χ4v) is 5.86. The van der Waals surface area contributed by atoms with Crippen molar-refractivity contribution in [1.29, 1.82) is 0 Å². The van der Waals surface area contributed by atoms with Gasteiger partial charge in [0.05, 0.1) is 5.56 Å². The van der Waals surface area contributed by atoms with Crippen LogP contribution in [0.3, 0.4) is 0 Å². The number of nitrogens with two attached hydrogens (primary N) is 1. The molecule has 0 bridgehead atoms. The SMILES string of the molecule is Cl.NC(=O)c1c(CC(=O)Cc2ccc(Cl)cc2)sc2c1CCN(C1CCOCC1)C2. The first-order chi connectivity index (χ1) is 14.0. The van der Waals surface area contributed by atoms with Gasteiger partial charge in [0.1, 0.15) is 5.78 Å². The lowest BCUT2D eigenvalue weighted by Gasteiger charge is -2.36. The maximum Gasteiger partial charge on any atom is 0.250 e.